The van der Waals surface area contributed by atoms with Gasteiger partial charge in [0.15, 0.2) is 5.78 Å². The maximum Gasteiger partial charge on any atom is 0.239 e. The Morgan fingerprint density at radius 3 is 2.71 bits per heavy atom. The average molecular weight is 300 g/mol. The van der Waals surface area contributed by atoms with Crippen molar-refractivity contribution in [2.75, 3.05) is 10.7 Å². The number of rotatable bonds is 3. The normalized spacial score (nSPS) is 18.0. The second-order valence-corrected chi connectivity index (χ2v) is 5.56. The number of carbonyl (C=O) groups excluding carboxylic acids is 2. The Bertz CT molecular complexity index is 690. The predicted molar refractivity (Wildman–Crippen MR) is 80.4 cm³/mol. The van der Waals surface area contributed by atoms with Gasteiger partial charge in [-0.1, -0.05) is 18.2 Å². The van der Waals surface area contributed by atoms with Gasteiger partial charge in [0.1, 0.15) is 16.9 Å². The molecule has 5 nitrogen and oxygen atoms in total. The second-order valence-electron chi connectivity index (χ2n) is 4.50. The van der Waals surface area contributed by atoms with Gasteiger partial charge in [0, 0.05) is 6.20 Å². The van der Waals surface area contributed by atoms with Crippen LogP contribution in [0.25, 0.3) is 0 Å². The number of thioether (sulfide) groups is 1. The molecule has 1 aromatic carbocycles. The van der Waals surface area contributed by atoms with Crippen molar-refractivity contribution in [2.45, 2.75) is 5.37 Å². The van der Waals surface area contributed by atoms with E-state index in [1.165, 1.54) is 22.7 Å². The van der Waals surface area contributed by atoms with Crippen molar-refractivity contribution < 1.29 is 14.7 Å². The second kappa shape index (κ2) is 5.57. The number of aromatic nitrogens is 1. The number of para-hydroxylation sites is 1. The largest absolute Gasteiger partial charge is 0.507 e. The highest BCUT2D eigenvalue weighted by molar-refractivity contribution is 8.02. The number of hydrogen-bond acceptors (Lipinski definition) is 5. The molecule has 0 saturated carbocycles. The lowest BCUT2D eigenvalue weighted by atomic mass is 10.1. The van der Waals surface area contributed by atoms with Gasteiger partial charge in [-0.25, -0.2) is 4.98 Å². The van der Waals surface area contributed by atoms with Crippen molar-refractivity contribution in [1.29, 1.82) is 0 Å². The van der Waals surface area contributed by atoms with E-state index in [-0.39, 0.29) is 28.8 Å². The Morgan fingerprint density at radius 2 is 2.00 bits per heavy atom. The molecule has 1 aliphatic heterocycles. The summed E-state index contributed by atoms with van der Waals surface area (Å²) in [5.41, 5.74) is 0.214. The van der Waals surface area contributed by atoms with Crippen LogP contribution in [-0.4, -0.2) is 32.9 Å². The highest BCUT2D eigenvalue weighted by Crippen LogP contribution is 2.33. The monoisotopic (exact) mass is 300 g/mol. The summed E-state index contributed by atoms with van der Waals surface area (Å²) in [6.45, 7) is 0. The van der Waals surface area contributed by atoms with Crippen LogP contribution >= 0.6 is 11.8 Å². The summed E-state index contributed by atoms with van der Waals surface area (Å²) in [6, 6.07) is 11.5. The number of benzene rings is 1. The van der Waals surface area contributed by atoms with Gasteiger partial charge in [0.05, 0.1) is 11.3 Å². The maximum atomic E-state index is 12.6. The lowest BCUT2D eigenvalue weighted by Crippen LogP contribution is -2.38. The first kappa shape index (κ1) is 13.6. The van der Waals surface area contributed by atoms with Gasteiger partial charge in [0.25, 0.3) is 0 Å². The number of phenols is 1. The Kier molecular flexibility index (Phi) is 3.62. The zero-order chi connectivity index (χ0) is 14.8. The summed E-state index contributed by atoms with van der Waals surface area (Å²) < 4.78 is 0. The topological polar surface area (TPSA) is 70.5 Å². The molecule has 1 aromatic heterocycles. The molecule has 3 rings (SSSR count). The summed E-state index contributed by atoms with van der Waals surface area (Å²) >= 11 is 1.24. The van der Waals surface area contributed by atoms with Crippen molar-refractivity contribution in [3.05, 3.63) is 54.2 Å². The number of aromatic hydroxyl groups is 1. The van der Waals surface area contributed by atoms with E-state index in [9.17, 15) is 14.7 Å². The highest BCUT2D eigenvalue weighted by atomic mass is 32.2. The van der Waals surface area contributed by atoms with E-state index in [0.29, 0.717) is 5.82 Å². The molecule has 6 heteroatoms. The molecule has 1 saturated heterocycles. The van der Waals surface area contributed by atoms with Crippen molar-refractivity contribution >= 4 is 29.3 Å². The van der Waals surface area contributed by atoms with Crippen LogP contribution in [-0.2, 0) is 4.79 Å². The van der Waals surface area contributed by atoms with E-state index in [2.05, 4.69) is 4.98 Å². The first-order valence-electron chi connectivity index (χ1n) is 6.35. The van der Waals surface area contributed by atoms with Gasteiger partial charge in [-0.05, 0) is 24.3 Å². The van der Waals surface area contributed by atoms with Crippen LogP contribution in [0, 0.1) is 0 Å². The maximum absolute atomic E-state index is 12.6. The summed E-state index contributed by atoms with van der Waals surface area (Å²) in [5, 5.41) is 9.12. The number of pyridine rings is 1. The number of nitrogens with zero attached hydrogens (tertiary/aromatic N) is 2. The zero-order valence-corrected chi connectivity index (χ0v) is 11.8. The molecule has 21 heavy (non-hydrogen) atoms. The van der Waals surface area contributed by atoms with Gasteiger partial charge in [0.2, 0.25) is 5.91 Å². The lowest BCUT2D eigenvalue weighted by molar-refractivity contribution is -0.115. The van der Waals surface area contributed by atoms with Gasteiger partial charge in [-0.3, -0.25) is 14.5 Å². The molecule has 0 bridgehead atoms. The fourth-order valence-corrected chi connectivity index (χ4v) is 3.27. The smallest absolute Gasteiger partial charge is 0.239 e. The molecule has 0 radical (unpaired) electrons. The average Bonchev–Trinajstić information content (AvgIpc) is 2.90. The first-order chi connectivity index (χ1) is 10.2. The first-order valence-corrected chi connectivity index (χ1v) is 7.40. The van der Waals surface area contributed by atoms with Crippen LogP contribution < -0.4 is 4.90 Å². The molecule has 2 aromatic rings. The van der Waals surface area contributed by atoms with E-state index in [1.54, 1.807) is 42.6 Å². The summed E-state index contributed by atoms with van der Waals surface area (Å²) in [5.74, 6) is 0.132. The number of amides is 1. The molecular formula is C15H12N2O3S. The van der Waals surface area contributed by atoms with Gasteiger partial charge in [-0.15, -0.1) is 11.8 Å². The van der Waals surface area contributed by atoms with E-state index in [4.69, 9.17) is 0 Å². The molecule has 1 aliphatic rings. The Morgan fingerprint density at radius 1 is 1.24 bits per heavy atom. The third-order valence-electron chi connectivity index (χ3n) is 3.16. The van der Waals surface area contributed by atoms with Crippen LogP contribution in [0.3, 0.4) is 0 Å². The number of phenolic OH excluding ortho intramolecular Hbond substituents is 1. The highest BCUT2D eigenvalue weighted by Gasteiger charge is 2.39. The van der Waals surface area contributed by atoms with E-state index in [0.717, 1.165) is 0 Å². The summed E-state index contributed by atoms with van der Waals surface area (Å²) in [6.07, 6.45) is 1.58. The fraction of sp³-hybridized carbons (Fsp3) is 0.133. The SMILES string of the molecule is O=C(c1ccccc1O)C1SCC(=O)N1c1ccccn1. The van der Waals surface area contributed by atoms with E-state index in [1.807, 2.05) is 0 Å². The van der Waals surface area contributed by atoms with Gasteiger partial charge < -0.3 is 5.11 Å². The molecule has 1 unspecified atom stereocenters. The third-order valence-corrected chi connectivity index (χ3v) is 4.31. The molecule has 0 spiro atoms. The molecule has 106 valence electrons. The van der Waals surface area contributed by atoms with Crippen LogP contribution in [0.15, 0.2) is 48.7 Å². The van der Waals surface area contributed by atoms with Gasteiger partial charge >= 0.3 is 0 Å². The number of hydrogen-bond donors (Lipinski definition) is 1. The lowest BCUT2D eigenvalue weighted by Gasteiger charge is -2.22. The molecule has 1 atom stereocenters. The molecule has 0 aliphatic carbocycles. The molecular weight excluding hydrogens is 288 g/mol. The van der Waals surface area contributed by atoms with Crippen LogP contribution in [0.2, 0.25) is 0 Å². The van der Waals surface area contributed by atoms with Gasteiger partial charge in [-0.2, -0.15) is 0 Å². The Labute approximate surface area is 125 Å². The quantitative estimate of drug-likeness (QED) is 0.879. The van der Waals surface area contributed by atoms with Crippen molar-refractivity contribution in [1.82, 2.24) is 4.98 Å². The van der Waals surface area contributed by atoms with Crippen LogP contribution in [0.5, 0.6) is 5.75 Å². The minimum Gasteiger partial charge on any atom is -0.507 e. The van der Waals surface area contributed by atoms with Crippen LogP contribution in [0.4, 0.5) is 5.82 Å². The van der Waals surface area contributed by atoms with E-state index >= 15 is 0 Å². The Balaban J connectivity index is 1.96. The minimum atomic E-state index is -0.694. The molecule has 1 fully saturated rings. The van der Waals surface area contributed by atoms with Crippen molar-refractivity contribution in [2.24, 2.45) is 0 Å². The van der Waals surface area contributed by atoms with Crippen molar-refractivity contribution in [3.8, 4) is 5.75 Å². The fourth-order valence-electron chi connectivity index (χ4n) is 2.18. The molecule has 1 amide bonds. The molecule has 2 heterocycles. The molecule has 1 N–H and O–H groups in total. The number of Topliss-reactive ketones (excluding diaryl/α,β-unsaturated/α-hetero) is 1. The van der Waals surface area contributed by atoms with Crippen molar-refractivity contribution in [3.63, 3.8) is 0 Å². The zero-order valence-electron chi connectivity index (χ0n) is 11.0. The number of ketones is 1. The van der Waals surface area contributed by atoms with E-state index < -0.39 is 5.37 Å². The number of carbonyl (C=O) groups is 2. The summed E-state index contributed by atoms with van der Waals surface area (Å²) in [7, 11) is 0. The third kappa shape index (κ3) is 2.50. The summed E-state index contributed by atoms with van der Waals surface area (Å²) in [4.78, 5) is 30.2. The number of anilines is 1. The minimum absolute atomic E-state index is 0.0802. The standard InChI is InChI=1S/C15H12N2O3S/c18-11-6-2-1-5-10(11)14(20)15-17(13(19)9-21-15)12-7-3-4-8-16-12/h1-8,15,18H,9H2. The predicted octanol–water partition coefficient (Wildman–Crippen LogP) is 2.08. The van der Waals surface area contributed by atoms with Crippen LogP contribution in [0.1, 0.15) is 10.4 Å². The Hall–Kier alpha value is -2.34.